The van der Waals surface area contributed by atoms with Crippen LogP contribution in [0.1, 0.15) is 33.3 Å². The maximum atomic E-state index is 12.9. The van der Waals surface area contributed by atoms with Gasteiger partial charge in [-0.3, -0.25) is 4.90 Å². The van der Waals surface area contributed by atoms with Crippen molar-refractivity contribution < 1.29 is 22.7 Å². The van der Waals surface area contributed by atoms with Crippen molar-refractivity contribution in [1.29, 1.82) is 0 Å². The molecule has 0 radical (unpaired) electrons. The summed E-state index contributed by atoms with van der Waals surface area (Å²) in [5.74, 6) is 0.237. The lowest BCUT2D eigenvalue weighted by Gasteiger charge is -2.24. The Balaban J connectivity index is 2.49. The van der Waals surface area contributed by atoms with Gasteiger partial charge in [-0.15, -0.1) is 0 Å². The minimum atomic E-state index is -4.44. The Morgan fingerprint density at radius 3 is 2.42 bits per heavy atom. The molecule has 0 N–H and O–H groups in total. The van der Waals surface area contributed by atoms with Crippen LogP contribution in [0.25, 0.3) is 11.0 Å². The first-order valence-electron chi connectivity index (χ1n) is 7.48. The first-order chi connectivity index (χ1) is 10.9. The lowest BCUT2D eigenvalue weighted by molar-refractivity contribution is -0.137. The van der Waals surface area contributed by atoms with Gasteiger partial charge in [0.1, 0.15) is 5.60 Å². The second kappa shape index (κ2) is 5.99. The van der Waals surface area contributed by atoms with Crippen LogP contribution in [0.2, 0.25) is 0 Å². The van der Waals surface area contributed by atoms with E-state index in [1.165, 1.54) is 18.0 Å². The highest BCUT2D eigenvalue weighted by Crippen LogP contribution is 2.32. The molecule has 1 heterocycles. The zero-order chi connectivity index (χ0) is 18.3. The lowest BCUT2D eigenvalue weighted by Crippen LogP contribution is -2.35. The number of ether oxygens (including phenoxy) is 1. The number of aromatic nitrogens is 2. The third-order valence-electron chi connectivity index (χ3n) is 3.34. The molecule has 0 unspecified atom stereocenters. The fraction of sp³-hybridized carbons (Fsp3) is 0.500. The molecule has 2 aromatic rings. The molecule has 0 atom stereocenters. The summed E-state index contributed by atoms with van der Waals surface area (Å²) in [5, 5.41) is 0. The van der Waals surface area contributed by atoms with Gasteiger partial charge in [0.15, 0.2) is 0 Å². The monoisotopic (exact) mass is 343 g/mol. The predicted molar refractivity (Wildman–Crippen MR) is 85.0 cm³/mol. The Labute approximate surface area is 138 Å². The number of nitrogens with zero attached hydrogens (tertiary/aromatic N) is 3. The summed E-state index contributed by atoms with van der Waals surface area (Å²) in [6.07, 6.45) is -5.06. The van der Waals surface area contributed by atoms with E-state index in [2.05, 4.69) is 4.98 Å². The number of fused-ring (bicyclic) bond motifs is 1. The summed E-state index contributed by atoms with van der Waals surface area (Å²) in [7, 11) is 1.48. The highest BCUT2D eigenvalue weighted by Gasteiger charge is 2.31. The van der Waals surface area contributed by atoms with Gasteiger partial charge in [0.05, 0.1) is 16.6 Å². The van der Waals surface area contributed by atoms with Crippen molar-refractivity contribution in [3.8, 4) is 0 Å². The third-order valence-corrected chi connectivity index (χ3v) is 3.34. The van der Waals surface area contributed by atoms with Gasteiger partial charge in [0.25, 0.3) is 0 Å². The van der Waals surface area contributed by atoms with Crippen molar-refractivity contribution in [3.63, 3.8) is 0 Å². The second-order valence-corrected chi connectivity index (χ2v) is 6.40. The molecule has 0 bridgehead atoms. The SMILES string of the molecule is CCn1c(N(C)C(=O)OC(C)(C)C)nc2ccc(C(F)(F)F)cc21. The van der Waals surface area contributed by atoms with Crippen LogP contribution in [0.5, 0.6) is 0 Å². The molecule has 0 saturated carbocycles. The zero-order valence-electron chi connectivity index (χ0n) is 14.2. The molecule has 1 amide bonds. The van der Waals surface area contributed by atoms with Crippen LogP contribution in [0, 0.1) is 0 Å². The van der Waals surface area contributed by atoms with Gasteiger partial charge in [0.2, 0.25) is 5.95 Å². The molecule has 0 aliphatic carbocycles. The van der Waals surface area contributed by atoms with Crippen LogP contribution in [-0.2, 0) is 17.5 Å². The second-order valence-electron chi connectivity index (χ2n) is 6.40. The van der Waals surface area contributed by atoms with E-state index in [9.17, 15) is 18.0 Å². The van der Waals surface area contributed by atoms with E-state index in [4.69, 9.17) is 4.74 Å². The molecule has 0 fully saturated rings. The summed E-state index contributed by atoms with van der Waals surface area (Å²) in [6, 6.07) is 3.32. The fourth-order valence-electron chi connectivity index (χ4n) is 2.27. The average molecular weight is 343 g/mol. The third kappa shape index (κ3) is 3.63. The van der Waals surface area contributed by atoms with E-state index >= 15 is 0 Å². The normalized spacial score (nSPS) is 12.5. The van der Waals surface area contributed by atoms with E-state index in [-0.39, 0.29) is 5.95 Å². The number of alkyl halides is 3. The van der Waals surface area contributed by atoms with Gasteiger partial charge >= 0.3 is 12.3 Å². The molecule has 1 aromatic carbocycles. The molecular formula is C16H20F3N3O2. The number of aryl methyl sites for hydroxylation is 1. The molecule has 132 valence electrons. The lowest BCUT2D eigenvalue weighted by atomic mass is 10.2. The molecular weight excluding hydrogens is 323 g/mol. The van der Waals surface area contributed by atoms with Gasteiger partial charge in [0, 0.05) is 13.6 Å². The van der Waals surface area contributed by atoms with Crippen LogP contribution in [-0.4, -0.2) is 28.3 Å². The minimum Gasteiger partial charge on any atom is -0.443 e. The Morgan fingerprint density at radius 1 is 1.29 bits per heavy atom. The molecule has 5 nitrogen and oxygen atoms in total. The van der Waals surface area contributed by atoms with Gasteiger partial charge in [-0.25, -0.2) is 9.78 Å². The topological polar surface area (TPSA) is 47.4 Å². The quantitative estimate of drug-likeness (QED) is 0.809. The van der Waals surface area contributed by atoms with Gasteiger partial charge < -0.3 is 9.30 Å². The first-order valence-corrected chi connectivity index (χ1v) is 7.48. The number of benzene rings is 1. The Bertz CT molecular complexity index is 760. The van der Waals surface area contributed by atoms with Crippen molar-refractivity contribution in [2.75, 3.05) is 11.9 Å². The number of carbonyl (C=O) groups excluding carboxylic acids is 1. The number of imidazole rings is 1. The Kier molecular flexibility index (Phi) is 4.52. The summed E-state index contributed by atoms with van der Waals surface area (Å²) < 4.78 is 45.6. The van der Waals surface area contributed by atoms with Crippen molar-refractivity contribution in [2.24, 2.45) is 0 Å². The maximum Gasteiger partial charge on any atom is 0.416 e. The molecule has 0 aliphatic heterocycles. The van der Waals surface area contributed by atoms with E-state index in [1.807, 2.05) is 0 Å². The van der Waals surface area contributed by atoms with Crippen molar-refractivity contribution in [1.82, 2.24) is 9.55 Å². The number of rotatable bonds is 2. The van der Waals surface area contributed by atoms with Gasteiger partial charge in [-0.05, 0) is 45.9 Å². The molecule has 8 heteroatoms. The number of hydrogen-bond donors (Lipinski definition) is 0. The van der Waals surface area contributed by atoms with Crippen LogP contribution in [0.3, 0.4) is 0 Å². The minimum absolute atomic E-state index is 0.237. The van der Waals surface area contributed by atoms with Crippen molar-refractivity contribution >= 4 is 23.1 Å². The van der Waals surface area contributed by atoms with E-state index in [0.717, 1.165) is 12.1 Å². The van der Waals surface area contributed by atoms with E-state index < -0.39 is 23.4 Å². The van der Waals surface area contributed by atoms with Crippen molar-refractivity contribution in [2.45, 2.75) is 46.0 Å². The zero-order valence-corrected chi connectivity index (χ0v) is 14.2. The molecule has 1 aromatic heterocycles. The molecule has 24 heavy (non-hydrogen) atoms. The number of carbonyl (C=O) groups is 1. The fourth-order valence-corrected chi connectivity index (χ4v) is 2.27. The number of anilines is 1. The number of halogens is 3. The smallest absolute Gasteiger partial charge is 0.416 e. The highest BCUT2D eigenvalue weighted by atomic mass is 19.4. The number of amides is 1. The van der Waals surface area contributed by atoms with Gasteiger partial charge in [-0.1, -0.05) is 0 Å². The average Bonchev–Trinajstić information content (AvgIpc) is 2.80. The summed E-state index contributed by atoms with van der Waals surface area (Å²) >= 11 is 0. The van der Waals surface area contributed by atoms with Crippen LogP contribution < -0.4 is 4.90 Å². The molecule has 2 rings (SSSR count). The molecule has 0 aliphatic rings. The van der Waals surface area contributed by atoms with Crippen LogP contribution in [0.15, 0.2) is 18.2 Å². The molecule has 0 saturated heterocycles. The van der Waals surface area contributed by atoms with Crippen LogP contribution in [0.4, 0.5) is 23.9 Å². The standard InChI is InChI=1S/C16H20F3N3O2/c1-6-22-12-9-10(16(17,18)19)7-8-11(12)20-13(22)21(5)14(23)24-15(2,3)4/h7-9H,6H2,1-5H3. The summed E-state index contributed by atoms with van der Waals surface area (Å²) in [6.45, 7) is 7.33. The Hall–Kier alpha value is -2.25. The van der Waals surface area contributed by atoms with Crippen molar-refractivity contribution in [3.05, 3.63) is 23.8 Å². The van der Waals surface area contributed by atoms with Crippen LogP contribution >= 0.6 is 0 Å². The first kappa shape index (κ1) is 18.1. The maximum absolute atomic E-state index is 12.9. The van der Waals surface area contributed by atoms with E-state index in [1.54, 1.807) is 32.3 Å². The highest BCUT2D eigenvalue weighted by molar-refractivity contribution is 5.89. The van der Waals surface area contributed by atoms with Gasteiger partial charge in [-0.2, -0.15) is 13.2 Å². The number of hydrogen-bond acceptors (Lipinski definition) is 3. The summed E-state index contributed by atoms with van der Waals surface area (Å²) in [5.41, 5.74) is -0.734. The largest absolute Gasteiger partial charge is 0.443 e. The van der Waals surface area contributed by atoms with E-state index in [0.29, 0.717) is 17.6 Å². The molecule has 0 spiro atoms. The Morgan fingerprint density at radius 2 is 1.92 bits per heavy atom. The summed E-state index contributed by atoms with van der Waals surface area (Å²) in [4.78, 5) is 17.7. The predicted octanol–water partition coefficient (Wildman–Crippen LogP) is 4.45.